The van der Waals surface area contributed by atoms with Crippen LogP contribution in [0.25, 0.3) is 10.9 Å². The highest BCUT2D eigenvalue weighted by atomic mass is 15.0. The second-order valence-corrected chi connectivity index (χ2v) is 4.36. The molecule has 3 rings (SSSR count). The zero-order chi connectivity index (χ0) is 13.1. The number of aromatic nitrogens is 2. The molecule has 94 valence electrons. The number of hydrogen-bond acceptors (Lipinski definition) is 4. The summed E-state index contributed by atoms with van der Waals surface area (Å²) in [5, 5.41) is 4.35. The third kappa shape index (κ3) is 2.63. The first-order chi connectivity index (χ1) is 9.31. The van der Waals surface area contributed by atoms with E-state index in [0.717, 1.165) is 29.0 Å². The molecule has 0 aliphatic heterocycles. The summed E-state index contributed by atoms with van der Waals surface area (Å²) in [5.41, 5.74) is 8.62. The highest BCUT2D eigenvalue weighted by Crippen LogP contribution is 2.18. The van der Waals surface area contributed by atoms with Crippen LogP contribution in [-0.4, -0.2) is 9.97 Å². The van der Waals surface area contributed by atoms with Crippen LogP contribution in [0, 0.1) is 0 Å². The van der Waals surface area contributed by atoms with Crippen molar-refractivity contribution in [1.82, 2.24) is 9.97 Å². The first-order valence-electron chi connectivity index (χ1n) is 6.10. The maximum absolute atomic E-state index is 5.75. The number of fused-ring (bicyclic) bond motifs is 1. The number of anilines is 2. The van der Waals surface area contributed by atoms with E-state index in [-0.39, 0.29) is 0 Å². The van der Waals surface area contributed by atoms with Crippen molar-refractivity contribution < 1.29 is 0 Å². The van der Waals surface area contributed by atoms with Gasteiger partial charge in [-0.15, -0.1) is 0 Å². The Morgan fingerprint density at radius 1 is 1.00 bits per heavy atom. The molecule has 0 radical (unpaired) electrons. The summed E-state index contributed by atoms with van der Waals surface area (Å²) in [5.74, 6) is 0.856. The molecule has 3 N–H and O–H groups in total. The van der Waals surface area contributed by atoms with Crippen molar-refractivity contribution in [3.05, 3.63) is 60.4 Å². The van der Waals surface area contributed by atoms with Crippen LogP contribution in [0.3, 0.4) is 0 Å². The Labute approximate surface area is 111 Å². The van der Waals surface area contributed by atoms with Gasteiger partial charge in [0.05, 0.1) is 5.52 Å². The maximum atomic E-state index is 5.75. The fourth-order valence-corrected chi connectivity index (χ4v) is 1.94. The normalized spacial score (nSPS) is 10.5. The Morgan fingerprint density at radius 3 is 2.68 bits per heavy atom. The molecule has 0 unspecified atom stereocenters. The number of nitrogens with one attached hydrogen (secondary N) is 1. The van der Waals surface area contributed by atoms with E-state index in [9.17, 15) is 0 Å². The lowest BCUT2D eigenvalue weighted by atomic mass is 10.2. The van der Waals surface area contributed by atoms with Crippen LogP contribution in [0.2, 0.25) is 0 Å². The van der Waals surface area contributed by atoms with Crippen LogP contribution in [0.5, 0.6) is 0 Å². The molecule has 1 aromatic carbocycles. The Hall–Kier alpha value is -2.62. The number of nitrogens with zero attached hydrogens (tertiary/aromatic N) is 2. The van der Waals surface area contributed by atoms with Crippen LogP contribution in [0.1, 0.15) is 5.56 Å². The predicted molar refractivity (Wildman–Crippen MR) is 77.7 cm³/mol. The Bertz CT molecular complexity index is 695. The van der Waals surface area contributed by atoms with Gasteiger partial charge in [0.25, 0.3) is 0 Å². The Balaban J connectivity index is 1.80. The number of rotatable bonds is 3. The fraction of sp³-hybridized carbons (Fsp3) is 0.0667. The Morgan fingerprint density at radius 2 is 1.84 bits per heavy atom. The number of nitrogen functional groups attached to an aromatic ring is 1. The summed E-state index contributed by atoms with van der Waals surface area (Å²) in [6.45, 7) is 0.732. The van der Waals surface area contributed by atoms with Crippen LogP contribution in [0.4, 0.5) is 11.5 Å². The third-order valence-electron chi connectivity index (χ3n) is 2.94. The van der Waals surface area contributed by atoms with Gasteiger partial charge >= 0.3 is 0 Å². The molecule has 0 spiro atoms. The first kappa shape index (κ1) is 11.5. The van der Waals surface area contributed by atoms with Gasteiger partial charge in [0.2, 0.25) is 0 Å². The number of hydrogen-bond donors (Lipinski definition) is 2. The lowest BCUT2D eigenvalue weighted by molar-refractivity contribution is 1.11. The monoisotopic (exact) mass is 250 g/mol. The van der Waals surface area contributed by atoms with E-state index in [1.165, 1.54) is 5.56 Å². The van der Waals surface area contributed by atoms with E-state index >= 15 is 0 Å². The molecule has 0 aliphatic carbocycles. The SMILES string of the molecule is Nc1ccc2nc(NCc3ccncc3)ccc2c1. The summed E-state index contributed by atoms with van der Waals surface area (Å²) < 4.78 is 0. The third-order valence-corrected chi connectivity index (χ3v) is 2.94. The molecule has 2 aromatic heterocycles. The summed E-state index contributed by atoms with van der Waals surface area (Å²) in [7, 11) is 0. The molecule has 0 saturated heterocycles. The number of nitrogens with two attached hydrogens (primary N) is 1. The largest absolute Gasteiger partial charge is 0.399 e. The molecule has 19 heavy (non-hydrogen) atoms. The minimum absolute atomic E-state index is 0.732. The highest BCUT2D eigenvalue weighted by Gasteiger charge is 1.99. The summed E-state index contributed by atoms with van der Waals surface area (Å²) in [6.07, 6.45) is 3.57. The molecule has 0 bridgehead atoms. The van der Waals surface area contributed by atoms with E-state index in [1.54, 1.807) is 12.4 Å². The fourth-order valence-electron chi connectivity index (χ4n) is 1.94. The lowest BCUT2D eigenvalue weighted by Crippen LogP contribution is -2.01. The zero-order valence-corrected chi connectivity index (χ0v) is 10.4. The van der Waals surface area contributed by atoms with Crippen molar-refractivity contribution in [3.63, 3.8) is 0 Å². The van der Waals surface area contributed by atoms with Crippen LogP contribution in [0.15, 0.2) is 54.9 Å². The maximum Gasteiger partial charge on any atom is 0.126 e. The minimum Gasteiger partial charge on any atom is -0.399 e. The van der Waals surface area contributed by atoms with E-state index in [1.807, 2.05) is 42.5 Å². The van der Waals surface area contributed by atoms with E-state index in [0.29, 0.717) is 0 Å². The van der Waals surface area contributed by atoms with Gasteiger partial charge in [-0.1, -0.05) is 0 Å². The second kappa shape index (κ2) is 4.94. The molecule has 0 fully saturated rings. The number of pyridine rings is 2. The van der Waals surface area contributed by atoms with Gasteiger partial charge in [-0.05, 0) is 48.0 Å². The van der Waals surface area contributed by atoms with Gasteiger partial charge in [0, 0.05) is 30.0 Å². The molecule has 4 heteroatoms. The van der Waals surface area contributed by atoms with Gasteiger partial charge in [-0.25, -0.2) is 4.98 Å². The molecule has 0 saturated carbocycles. The summed E-state index contributed by atoms with van der Waals surface area (Å²) in [6, 6.07) is 13.7. The molecule has 0 atom stereocenters. The smallest absolute Gasteiger partial charge is 0.126 e. The van der Waals surface area contributed by atoms with E-state index in [2.05, 4.69) is 15.3 Å². The van der Waals surface area contributed by atoms with Crippen molar-refractivity contribution in [2.75, 3.05) is 11.1 Å². The average Bonchev–Trinajstić information content (AvgIpc) is 2.46. The molecule has 4 nitrogen and oxygen atoms in total. The molecule has 2 heterocycles. The summed E-state index contributed by atoms with van der Waals surface area (Å²) >= 11 is 0. The van der Waals surface area contributed by atoms with Gasteiger partial charge in [-0.3, -0.25) is 4.98 Å². The molecule has 0 amide bonds. The van der Waals surface area contributed by atoms with Crippen molar-refractivity contribution in [2.24, 2.45) is 0 Å². The van der Waals surface area contributed by atoms with Gasteiger partial charge in [-0.2, -0.15) is 0 Å². The van der Waals surface area contributed by atoms with E-state index < -0.39 is 0 Å². The van der Waals surface area contributed by atoms with Crippen molar-refractivity contribution in [1.29, 1.82) is 0 Å². The van der Waals surface area contributed by atoms with Gasteiger partial charge < -0.3 is 11.1 Å². The lowest BCUT2D eigenvalue weighted by Gasteiger charge is -2.07. The molecular weight excluding hydrogens is 236 g/mol. The molecule has 0 aliphatic rings. The zero-order valence-electron chi connectivity index (χ0n) is 10.4. The van der Waals surface area contributed by atoms with Gasteiger partial charge in [0.1, 0.15) is 5.82 Å². The van der Waals surface area contributed by atoms with Crippen LogP contribution < -0.4 is 11.1 Å². The van der Waals surface area contributed by atoms with Crippen LogP contribution >= 0.6 is 0 Å². The Kier molecular flexibility index (Phi) is 2.98. The molecular formula is C15H14N4. The quantitative estimate of drug-likeness (QED) is 0.702. The van der Waals surface area contributed by atoms with Crippen molar-refractivity contribution >= 4 is 22.4 Å². The predicted octanol–water partition coefficient (Wildman–Crippen LogP) is 2.82. The minimum atomic E-state index is 0.732. The summed E-state index contributed by atoms with van der Waals surface area (Å²) in [4.78, 5) is 8.54. The second-order valence-electron chi connectivity index (χ2n) is 4.36. The van der Waals surface area contributed by atoms with E-state index in [4.69, 9.17) is 5.73 Å². The van der Waals surface area contributed by atoms with Crippen LogP contribution in [-0.2, 0) is 6.54 Å². The number of benzene rings is 1. The first-order valence-corrected chi connectivity index (χ1v) is 6.10. The topological polar surface area (TPSA) is 63.8 Å². The van der Waals surface area contributed by atoms with Crippen molar-refractivity contribution in [3.8, 4) is 0 Å². The molecule has 3 aromatic rings. The van der Waals surface area contributed by atoms with Crippen molar-refractivity contribution in [2.45, 2.75) is 6.54 Å². The highest BCUT2D eigenvalue weighted by molar-refractivity contribution is 5.83. The standard InChI is InChI=1S/C15H14N4/c16-13-2-3-14-12(9-13)1-4-15(19-14)18-10-11-5-7-17-8-6-11/h1-9H,10,16H2,(H,18,19). The van der Waals surface area contributed by atoms with Gasteiger partial charge in [0.15, 0.2) is 0 Å². The average molecular weight is 250 g/mol.